The highest BCUT2D eigenvalue weighted by molar-refractivity contribution is 6.04. The van der Waals surface area contributed by atoms with Crippen molar-refractivity contribution in [2.45, 2.75) is 0 Å². The van der Waals surface area contributed by atoms with Gasteiger partial charge in [0.15, 0.2) is 0 Å². The summed E-state index contributed by atoms with van der Waals surface area (Å²) in [5.74, 6) is 0.0167. The van der Waals surface area contributed by atoms with Crippen molar-refractivity contribution >= 4 is 29.2 Å². The van der Waals surface area contributed by atoms with Crippen LogP contribution in [0.4, 0.5) is 26.4 Å². The van der Waals surface area contributed by atoms with E-state index in [0.717, 1.165) is 6.20 Å². The third kappa shape index (κ3) is 4.73. The zero-order chi connectivity index (χ0) is 20.1. The maximum atomic E-state index is 12.9. The predicted molar refractivity (Wildman–Crippen MR) is 101 cm³/mol. The number of carboxylic acid groups (broad SMARTS) is 1. The quantitative estimate of drug-likeness (QED) is 0.495. The first kappa shape index (κ1) is 18.6. The van der Waals surface area contributed by atoms with Gasteiger partial charge in [-0.05, 0) is 54.6 Å². The minimum absolute atomic E-state index is 0.209. The van der Waals surface area contributed by atoms with Crippen molar-refractivity contribution in [1.82, 2.24) is 4.98 Å². The minimum atomic E-state index is -1.16. The Bertz CT molecular complexity index is 1010. The SMILES string of the molecule is Nc1cc(C(=O)Nc2ccc(F)cn2)ccc1Oc1ccc(NC(=O)O)cc1. The second-order valence-electron chi connectivity index (χ2n) is 5.62. The fraction of sp³-hybridized carbons (Fsp3) is 0. The summed E-state index contributed by atoms with van der Waals surface area (Å²) in [7, 11) is 0. The predicted octanol–water partition coefficient (Wildman–Crippen LogP) is 3.94. The van der Waals surface area contributed by atoms with Crippen molar-refractivity contribution in [2.24, 2.45) is 0 Å². The molecule has 8 nitrogen and oxygen atoms in total. The van der Waals surface area contributed by atoms with E-state index in [4.69, 9.17) is 15.6 Å². The summed E-state index contributed by atoms with van der Waals surface area (Å²) in [6.07, 6.45) is -0.166. The molecule has 1 heterocycles. The Morgan fingerprint density at radius 1 is 1.04 bits per heavy atom. The second kappa shape index (κ2) is 8.04. The van der Waals surface area contributed by atoms with E-state index < -0.39 is 17.8 Å². The fourth-order valence-electron chi connectivity index (χ4n) is 2.28. The summed E-state index contributed by atoms with van der Waals surface area (Å²) < 4.78 is 18.5. The van der Waals surface area contributed by atoms with E-state index in [1.54, 1.807) is 12.1 Å². The van der Waals surface area contributed by atoms with Crippen molar-refractivity contribution in [3.63, 3.8) is 0 Å². The molecule has 0 aliphatic carbocycles. The highest BCUT2D eigenvalue weighted by atomic mass is 19.1. The Labute approximate surface area is 158 Å². The van der Waals surface area contributed by atoms with Gasteiger partial charge in [-0.3, -0.25) is 10.1 Å². The van der Waals surface area contributed by atoms with Gasteiger partial charge in [0.1, 0.15) is 23.1 Å². The van der Waals surface area contributed by atoms with Gasteiger partial charge in [0.25, 0.3) is 5.91 Å². The lowest BCUT2D eigenvalue weighted by Gasteiger charge is -2.11. The van der Waals surface area contributed by atoms with Crippen LogP contribution in [0, 0.1) is 5.82 Å². The highest BCUT2D eigenvalue weighted by Crippen LogP contribution is 2.29. The summed E-state index contributed by atoms with van der Waals surface area (Å²) >= 11 is 0. The number of rotatable bonds is 5. The second-order valence-corrected chi connectivity index (χ2v) is 5.62. The average Bonchev–Trinajstić information content (AvgIpc) is 2.66. The molecule has 1 aromatic heterocycles. The van der Waals surface area contributed by atoms with Crippen LogP contribution in [0.1, 0.15) is 10.4 Å². The summed E-state index contributed by atoms with van der Waals surface area (Å²) in [5, 5.41) is 13.4. The molecule has 3 rings (SSSR count). The van der Waals surface area contributed by atoms with Crippen LogP contribution in [0.5, 0.6) is 11.5 Å². The number of nitrogens with two attached hydrogens (primary N) is 1. The Morgan fingerprint density at radius 3 is 2.39 bits per heavy atom. The first-order valence-electron chi connectivity index (χ1n) is 8.01. The number of benzene rings is 2. The molecule has 2 aromatic carbocycles. The Hall–Kier alpha value is -4.14. The van der Waals surface area contributed by atoms with E-state index >= 15 is 0 Å². The number of nitrogen functional groups attached to an aromatic ring is 1. The van der Waals surface area contributed by atoms with E-state index in [2.05, 4.69) is 15.6 Å². The number of hydrogen-bond donors (Lipinski definition) is 4. The molecule has 0 saturated carbocycles. The molecule has 0 bridgehead atoms. The largest absolute Gasteiger partial charge is 0.465 e. The van der Waals surface area contributed by atoms with Crippen molar-refractivity contribution in [1.29, 1.82) is 0 Å². The molecule has 9 heteroatoms. The molecule has 0 spiro atoms. The lowest BCUT2D eigenvalue weighted by Crippen LogP contribution is -2.13. The summed E-state index contributed by atoms with van der Waals surface area (Å²) in [4.78, 5) is 26.6. The summed E-state index contributed by atoms with van der Waals surface area (Å²) in [6, 6.07) is 13.2. The van der Waals surface area contributed by atoms with Crippen LogP contribution < -0.4 is 21.1 Å². The van der Waals surface area contributed by atoms with Crippen LogP contribution in [0.15, 0.2) is 60.8 Å². The standard InChI is InChI=1S/C19H15FN4O4/c20-12-2-8-17(22-10-12)24-18(25)11-1-7-16(15(21)9-11)28-14-5-3-13(4-6-14)23-19(26)27/h1-10,23H,21H2,(H,26,27)(H,22,24,25). The Kier molecular flexibility index (Phi) is 5.35. The molecule has 0 aliphatic rings. The van der Waals surface area contributed by atoms with Crippen LogP contribution >= 0.6 is 0 Å². The van der Waals surface area contributed by atoms with Crippen LogP contribution in [0.25, 0.3) is 0 Å². The van der Waals surface area contributed by atoms with E-state index in [1.165, 1.54) is 42.5 Å². The van der Waals surface area contributed by atoms with Gasteiger partial charge in [-0.15, -0.1) is 0 Å². The van der Waals surface area contributed by atoms with Gasteiger partial charge in [0.05, 0.1) is 11.9 Å². The van der Waals surface area contributed by atoms with Gasteiger partial charge in [-0.2, -0.15) is 0 Å². The smallest absolute Gasteiger partial charge is 0.409 e. The monoisotopic (exact) mass is 382 g/mol. The molecule has 2 amide bonds. The van der Waals surface area contributed by atoms with E-state index in [0.29, 0.717) is 17.2 Å². The number of nitrogens with zero attached hydrogens (tertiary/aromatic N) is 1. The molecular formula is C19H15FN4O4. The molecule has 0 saturated heterocycles. The number of halogens is 1. The van der Waals surface area contributed by atoms with Crippen LogP contribution in [0.2, 0.25) is 0 Å². The van der Waals surface area contributed by atoms with Gasteiger partial charge in [0, 0.05) is 11.3 Å². The first-order chi connectivity index (χ1) is 13.4. The number of carbonyl (C=O) groups excluding carboxylic acids is 1. The summed E-state index contributed by atoms with van der Waals surface area (Å²) in [6.45, 7) is 0. The molecule has 0 atom stereocenters. The van der Waals surface area contributed by atoms with E-state index in [1.807, 2.05) is 0 Å². The number of nitrogens with one attached hydrogen (secondary N) is 2. The van der Waals surface area contributed by atoms with Gasteiger partial charge >= 0.3 is 6.09 Å². The maximum absolute atomic E-state index is 12.9. The average molecular weight is 382 g/mol. The molecule has 142 valence electrons. The van der Waals surface area contributed by atoms with Gasteiger partial charge in [-0.25, -0.2) is 14.2 Å². The van der Waals surface area contributed by atoms with E-state index in [9.17, 15) is 14.0 Å². The minimum Gasteiger partial charge on any atom is -0.465 e. The Morgan fingerprint density at radius 2 is 1.79 bits per heavy atom. The summed E-state index contributed by atoms with van der Waals surface area (Å²) in [5.41, 5.74) is 6.86. The Balaban J connectivity index is 1.68. The zero-order valence-electron chi connectivity index (χ0n) is 14.3. The first-order valence-corrected chi connectivity index (χ1v) is 8.01. The van der Waals surface area contributed by atoms with Gasteiger partial charge in [0.2, 0.25) is 0 Å². The van der Waals surface area contributed by atoms with Crippen LogP contribution in [-0.4, -0.2) is 22.1 Å². The number of pyridine rings is 1. The fourth-order valence-corrected chi connectivity index (χ4v) is 2.28. The van der Waals surface area contributed by atoms with Crippen molar-refractivity contribution in [3.8, 4) is 11.5 Å². The van der Waals surface area contributed by atoms with Crippen LogP contribution in [0.3, 0.4) is 0 Å². The molecule has 28 heavy (non-hydrogen) atoms. The molecule has 5 N–H and O–H groups in total. The maximum Gasteiger partial charge on any atom is 0.409 e. The zero-order valence-corrected chi connectivity index (χ0v) is 14.3. The third-order valence-corrected chi connectivity index (χ3v) is 3.57. The van der Waals surface area contributed by atoms with Gasteiger partial charge < -0.3 is 20.9 Å². The lowest BCUT2D eigenvalue weighted by molar-refractivity contribution is 0.102. The molecular weight excluding hydrogens is 367 g/mol. The third-order valence-electron chi connectivity index (χ3n) is 3.57. The van der Waals surface area contributed by atoms with Crippen molar-refractivity contribution < 1.29 is 23.8 Å². The topological polar surface area (TPSA) is 127 Å². The number of aromatic nitrogens is 1. The number of ether oxygens (including phenoxy) is 1. The number of anilines is 3. The molecule has 0 unspecified atom stereocenters. The highest BCUT2D eigenvalue weighted by Gasteiger charge is 2.11. The molecule has 0 fully saturated rings. The van der Waals surface area contributed by atoms with E-state index in [-0.39, 0.29) is 17.1 Å². The van der Waals surface area contributed by atoms with Crippen molar-refractivity contribution in [2.75, 3.05) is 16.4 Å². The molecule has 0 aliphatic heterocycles. The lowest BCUT2D eigenvalue weighted by atomic mass is 10.1. The molecule has 0 radical (unpaired) electrons. The van der Waals surface area contributed by atoms with Crippen molar-refractivity contribution in [3.05, 3.63) is 72.2 Å². The number of hydrogen-bond acceptors (Lipinski definition) is 5. The normalized spacial score (nSPS) is 10.2. The van der Waals surface area contributed by atoms with Crippen LogP contribution in [-0.2, 0) is 0 Å². The number of carbonyl (C=O) groups is 2. The number of amides is 2. The molecule has 3 aromatic rings. The van der Waals surface area contributed by atoms with Gasteiger partial charge in [-0.1, -0.05) is 0 Å².